The number of hydrogen-bond acceptors (Lipinski definition) is 4. The molecule has 4 heterocycles. The van der Waals surface area contributed by atoms with Crippen LogP contribution in [0, 0.1) is 5.92 Å². The Morgan fingerprint density at radius 1 is 0.846 bits per heavy atom. The molecule has 0 radical (unpaired) electrons. The number of halogens is 3. The number of alkyl halides is 3. The molecule has 0 spiro atoms. The van der Waals surface area contributed by atoms with Crippen molar-refractivity contribution in [1.29, 1.82) is 0 Å². The van der Waals surface area contributed by atoms with Crippen LogP contribution in [0.15, 0.2) is 95.5 Å². The van der Waals surface area contributed by atoms with Gasteiger partial charge in [-0.25, -0.2) is 4.98 Å². The van der Waals surface area contributed by atoms with Gasteiger partial charge >= 0.3 is 6.18 Å². The number of fused-ring (bicyclic) bond motifs is 3. The normalized spacial score (nSPS) is 23.1. The van der Waals surface area contributed by atoms with Crippen LogP contribution in [0.1, 0.15) is 41.2 Å². The molecule has 3 aliphatic rings. The Kier molecular flexibility index (Phi) is 6.47. The van der Waals surface area contributed by atoms with Gasteiger partial charge in [-0.15, -0.1) is 0 Å². The van der Waals surface area contributed by atoms with Gasteiger partial charge in [-0.1, -0.05) is 60.7 Å². The van der Waals surface area contributed by atoms with Gasteiger partial charge in [0.15, 0.2) is 17.5 Å². The highest BCUT2D eigenvalue weighted by Gasteiger charge is 2.48. The lowest BCUT2D eigenvalue weighted by Crippen LogP contribution is -2.64. The van der Waals surface area contributed by atoms with E-state index in [4.69, 9.17) is 9.15 Å². The fraction of sp³-hybridized carbons (Fsp3) is 0.323. The van der Waals surface area contributed by atoms with Crippen LogP contribution in [0.3, 0.4) is 0 Å². The molecule has 8 heteroatoms. The first-order chi connectivity index (χ1) is 18.8. The van der Waals surface area contributed by atoms with Crippen molar-refractivity contribution in [2.45, 2.75) is 37.3 Å². The van der Waals surface area contributed by atoms with Crippen LogP contribution in [-0.2, 0) is 18.3 Å². The van der Waals surface area contributed by atoms with Crippen LogP contribution in [0.25, 0.3) is 0 Å². The Morgan fingerprint density at radius 2 is 1.44 bits per heavy atom. The fourth-order valence-corrected chi connectivity index (χ4v) is 6.12. The van der Waals surface area contributed by atoms with Gasteiger partial charge in [0, 0.05) is 18.8 Å². The highest BCUT2D eigenvalue weighted by Crippen LogP contribution is 2.40. The lowest BCUT2D eigenvalue weighted by Gasteiger charge is -2.51. The summed E-state index contributed by atoms with van der Waals surface area (Å²) < 4.78 is 52.1. The van der Waals surface area contributed by atoms with E-state index in [-0.39, 0.29) is 12.0 Å². The van der Waals surface area contributed by atoms with E-state index in [0.717, 1.165) is 49.1 Å². The minimum Gasteiger partial charge on any atom is -0.484 e. The number of ether oxygens (including phenoxy) is 1. The second-order valence-electron chi connectivity index (χ2n) is 10.7. The summed E-state index contributed by atoms with van der Waals surface area (Å²) in [6.45, 7) is 3.28. The maximum absolute atomic E-state index is 13.0. The summed E-state index contributed by atoms with van der Waals surface area (Å²) in [6, 6.07) is 23.7. The maximum atomic E-state index is 13.0. The van der Waals surface area contributed by atoms with Gasteiger partial charge in [0.2, 0.25) is 5.89 Å². The van der Waals surface area contributed by atoms with Crippen molar-refractivity contribution >= 4 is 0 Å². The van der Waals surface area contributed by atoms with E-state index in [9.17, 15) is 18.3 Å². The van der Waals surface area contributed by atoms with Crippen molar-refractivity contribution in [2.75, 3.05) is 19.6 Å². The first-order valence-electron chi connectivity index (χ1n) is 13.2. The Morgan fingerprint density at radius 3 is 2.00 bits per heavy atom. The standard InChI is InChI=1S/C31H30F3N2O3/c32-31(33,34)25-11-13-26(14-12-25)38-28-21-36(17-15-22(28)16-18-36)20-27-19-35-29(39-27)30(37,23-7-3-1-4-8-23)24-9-5-2-6-10-24/h1-14,19,22,28,37H,15-18,20-21H2/q+1/t22?,28-,36?/m0/s1. The molecule has 202 valence electrons. The average molecular weight is 536 g/mol. The van der Waals surface area contributed by atoms with Gasteiger partial charge in [-0.05, 0) is 35.4 Å². The number of quaternary nitrogens is 1. The molecule has 3 fully saturated rings. The molecule has 3 aromatic carbocycles. The molecular weight excluding hydrogens is 505 g/mol. The second kappa shape index (κ2) is 9.84. The summed E-state index contributed by atoms with van der Waals surface area (Å²) in [5.74, 6) is 1.73. The first-order valence-corrected chi connectivity index (χ1v) is 13.2. The van der Waals surface area contributed by atoms with Crippen molar-refractivity contribution in [3.05, 3.63) is 119 Å². The zero-order valence-electron chi connectivity index (χ0n) is 21.3. The van der Waals surface area contributed by atoms with Crippen LogP contribution in [0.5, 0.6) is 5.75 Å². The zero-order valence-corrected chi connectivity index (χ0v) is 21.3. The smallest absolute Gasteiger partial charge is 0.416 e. The van der Waals surface area contributed by atoms with Crippen LogP contribution in [-0.4, -0.2) is 40.3 Å². The number of hydrogen-bond donors (Lipinski definition) is 1. The van der Waals surface area contributed by atoms with Gasteiger partial charge in [0.25, 0.3) is 0 Å². The monoisotopic (exact) mass is 535 g/mol. The lowest BCUT2D eigenvalue weighted by molar-refractivity contribution is -0.958. The van der Waals surface area contributed by atoms with E-state index in [2.05, 4.69) is 4.98 Å². The van der Waals surface area contributed by atoms with Crippen LogP contribution in [0.2, 0.25) is 0 Å². The van der Waals surface area contributed by atoms with E-state index in [1.807, 2.05) is 60.7 Å². The number of aromatic nitrogens is 1. The summed E-state index contributed by atoms with van der Waals surface area (Å²) in [5.41, 5.74) is -0.885. The molecule has 5 nitrogen and oxygen atoms in total. The summed E-state index contributed by atoms with van der Waals surface area (Å²) in [7, 11) is 0. The predicted molar refractivity (Wildman–Crippen MR) is 139 cm³/mol. The topological polar surface area (TPSA) is 55.5 Å². The van der Waals surface area contributed by atoms with E-state index < -0.39 is 17.3 Å². The highest BCUT2D eigenvalue weighted by molar-refractivity contribution is 5.41. The second-order valence-corrected chi connectivity index (χ2v) is 10.7. The molecule has 0 unspecified atom stereocenters. The number of piperidine rings is 3. The van der Waals surface area contributed by atoms with Crippen molar-refractivity contribution < 1.29 is 31.9 Å². The summed E-state index contributed by atoms with van der Waals surface area (Å²) in [4.78, 5) is 4.55. The van der Waals surface area contributed by atoms with E-state index in [0.29, 0.717) is 35.1 Å². The Hall–Kier alpha value is -3.62. The van der Waals surface area contributed by atoms with Crippen LogP contribution in [0.4, 0.5) is 13.2 Å². The lowest BCUT2D eigenvalue weighted by atomic mass is 9.83. The molecule has 3 aliphatic heterocycles. The molecule has 1 atom stereocenters. The predicted octanol–water partition coefficient (Wildman–Crippen LogP) is 6.17. The van der Waals surface area contributed by atoms with Gasteiger partial charge in [0.05, 0.1) is 24.8 Å². The van der Waals surface area contributed by atoms with Crippen LogP contribution < -0.4 is 4.74 Å². The van der Waals surface area contributed by atoms with Crippen molar-refractivity contribution in [2.24, 2.45) is 5.92 Å². The molecule has 7 rings (SSSR count). The molecule has 2 bridgehead atoms. The number of nitrogens with zero attached hydrogens (tertiary/aromatic N) is 2. The van der Waals surface area contributed by atoms with Crippen LogP contribution >= 0.6 is 0 Å². The Balaban J connectivity index is 1.22. The quantitative estimate of drug-likeness (QED) is 0.288. The number of benzene rings is 3. The summed E-state index contributed by atoms with van der Waals surface area (Å²) >= 11 is 0. The van der Waals surface area contributed by atoms with Gasteiger partial charge < -0.3 is 18.7 Å². The molecular formula is C31H30F3N2O3+. The fourth-order valence-electron chi connectivity index (χ4n) is 6.12. The van der Waals surface area contributed by atoms with Gasteiger partial charge in [-0.2, -0.15) is 13.2 Å². The van der Waals surface area contributed by atoms with Crippen molar-refractivity contribution in [3.63, 3.8) is 0 Å². The molecule has 1 aromatic heterocycles. The first kappa shape index (κ1) is 25.6. The molecule has 0 aliphatic carbocycles. The summed E-state index contributed by atoms with van der Waals surface area (Å²) in [5, 5.41) is 12.0. The SMILES string of the molecule is OC(c1ccccc1)(c1ccccc1)c1ncc(C[N+]23CCC(CC2)[C@@H](Oc2ccc(C(F)(F)F)cc2)C3)o1. The third kappa shape index (κ3) is 4.94. The third-order valence-electron chi connectivity index (χ3n) is 8.25. The minimum atomic E-state index is -4.37. The highest BCUT2D eigenvalue weighted by atomic mass is 19.4. The van der Waals surface area contributed by atoms with Crippen molar-refractivity contribution in [3.8, 4) is 5.75 Å². The Labute approximate surface area is 225 Å². The zero-order chi connectivity index (χ0) is 27.1. The molecule has 3 saturated heterocycles. The summed E-state index contributed by atoms with van der Waals surface area (Å²) in [6.07, 6.45) is -0.802. The number of oxazole rings is 1. The number of aliphatic hydroxyl groups is 1. The van der Waals surface area contributed by atoms with E-state index >= 15 is 0 Å². The molecule has 39 heavy (non-hydrogen) atoms. The number of rotatable bonds is 7. The van der Waals surface area contributed by atoms with Crippen molar-refractivity contribution in [1.82, 2.24) is 4.98 Å². The average Bonchev–Trinajstić information content (AvgIpc) is 3.42. The molecule has 1 N–H and O–H groups in total. The largest absolute Gasteiger partial charge is 0.484 e. The minimum absolute atomic E-state index is 0.0859. The molecule has 4 aromatic rings. The Bertz CT molecular complexity index is 1360. The maximum Gasteiger partial charge on any atom is 0.416 e. The van der Waals surface area contributed by atoms with E-state index in [1.165, 1.54) is 12.1 Å². The molecule has 0 saturated carbocycles. The molecule has 0 amide bonds. The van der Waals surface area contributed by atoms with Gasteiger partial charge in [-0.3, -0.25) is 0 Å². The van der Waals surface area contributed by atoms with Gasteiger partial charge in [0.1, 0.15) is 18.8 Å². The van der Waals surface area contributed by atoms with E-state index in [1.54, 1.807) is 6.20 Å². The third-order valence-corrected chi connectivity index (χ3v) is 8.25.